The van der Waals surface area contributed by atoms with Crippen LogP contribution in [0.4, 0.5) is 0 Å². The van der Waals surface area contributed by atoms with Crippen LogP contribution in [0.2, 0.25) is 0 Å². The number of phosphoric ester groups is 1. The molecule has 0 aromatic carbocycles. The Kier molecular flexibility index (Phi) is 34.8. The number of hydrogen-bond donors (Lipinski definition) is 3. The third-order valence-electron chi connectivity index (χ3n) is 8.59. The number of aliphatic hydroxyl groups is 1. The molecule has 0 saturated carbocycles. The minimum Gasteiger partial charge on any atom is -0.387 e. The van der Waals surface area contributed by atoms with E-state index < -0.39 is 20.0 Å². The van der Waals surface area contributed by atoms with E-state index in [9.17, 15) is 19.4 Å². The fourth-order valence-electron chi connectivity index (χ4n) is 5.26. The predicted molar refractivity (Wildman–Crippen MR) is 230 cm³/mol. The Balaban J connectivity index is 4.65. The summed E-state index contributed by atoms with van der Waals surface area (Å²) >= 11 is 0. The molecule has 8 nitrogen and oxygen atoms in total. The Hall–Kier alpha value is -2.32. The molecule has 0 spiro atoms. The van der Waals surface area contributed by atoms with Gasteiger partial charge in [-0.1, -0.05) is 150 Å². The van der Waals surface area contributed by atoms with Crippen LogP contribution in [0.25, 0.3) is 0 Å². The number of carbonyl (C=O) groups excluding carboxylic acids is 1. The highest BCUT2D eigenvalue weighted by Crippen LogP contribution is 2.43. The molecular weight excluding hydrogens is 695 g/mol. The summed E-state index contributed by atoms with van der Waals surface area (Å²) in [7, 11) is 1.49. The van der Waals surface area contributed by atoms with E-state index in [0.29, 0.717) is 17.4 Å². The lowest BCUT2D eigenvalue weighted by molar-refractivity contribution is -0.870. The van der Waals surface area contributed by atoms with E-state index in [1.807, 2.05) is 39.4 Å². The Morgan fingerprint density at radius 2 is 1.13 bits per heavy atom. The topological polar surface area (TPSA) is 105 Å². The average Bonchev–Trinajstić information content (AvgIpc) is 3.12. The number of nitrogens with one attached hydrogen (secondary N) is 1. The molecule has 54 heavy (non-hydrogen) atoms. The zero-order chi connectivity index (χ0) is 40.0. The normalized spacial score (nSPS) is 15.3. The van der Waals surface area contributed by atoms with Crippen molar-refractivity contribution >= 4 is 13.7 Å². The Labute approximate surface area is 331 Å². The summed E-state index contributed by atoms with van der Waals surface area (Å²) < 4.78 is 23.4. The zero-order valence-corrected chi connectivity index (χ0v) is 35.8. The van der Waals surface area contributed by atoms with Gasteiger partial charge in [0, 0.05) is 6.42 Å². The summed E-state index contributed by atoms with van der Waals surface area (Å²) in [6.07, 6.45) is 49.6. The molecule has 3 unspecified atom stereocenters. The molecule has 310 valence electrons. The number of unbranched alkanes of at least 4 members (excludes halogenated alkanes) is 11. The molecule has 3 atom stereocenters. The maximum absolute atomic E-state index is 12.8. The molecule has 0 aromatic rings. The Bertz CT molecular complexity index is 1150. The molecule has 9 heteroatoms. The highest BCUT2D eigenvalue weighted by molar-refractivity contribution is 7.47. The van der Waals surface area contributed by atoms with Crippen molar-refractivity contribution in [3.63, 3.8) is 0 Å². The predicted octanol–water partition coefficient (Wildman–Crippen LogP) is 11.4. The number of rotatable bonds is 36. The molecule has 0 aliphatic rings. The van der Waals surface area contributed by atoms with Gasteiger partial charge in [0.15, 0.2) is 0 Å². The van der Waals surface area contributed by atoms with Gasteiger partial charge in [0.1, 0.15) is 13.2 Å². The fraction of sp³-hybridized carbons (Fsp3) is 0.667. The number of carbonyl (C=O) groups is 1. The Morgan fingerprint density at radius 1 is 0.648 bits per heavy atom. The first-order valence-corrected chi connectivity index (χ1v) is 22.5. The lowest BCUT2D eigenvalue weighted by Gasteiger charge is -2.25. The third kappa shape index (κ3) is 38.0. The molecule has 0 saturated heterocycles. The molecule has 0 radical (unpaired) electrons. The molecule has 0 aliphatic carbocycles. The zero-order valence-electron chi connectivity index (χ0n) is 34.9. The molecule has 0 aromatic heterocycles. The number of amides is 1. The highest BCUT2D eigenvalue weighted by atomic mass is 31.2. The van der Waals surface area contributed by atoms with E-state index in [0.717, 1.165) is 51.4 Å². The van der Waals surface area contributed by atoms with Crippen molar-refractivity contribution in [1.82, 2.24) is 5.32 Å². The van der Waals surface area contributed by atoms with Crippen LogP contribution < -0.4 is 5.32 Å². The first-order valence-electron chi connectivity index (χ1n) is 21.0. The van der Waals surface area contributed by atoms with Gasteiger partial charge in [-0.3, -0.25) is 13.8 Å². The lowest BCUT2D eigenvalue weighted by atomic mass is 10.1. The largest absolute Gasteiger partial charge is 0.472 e. The van der Waals surface area contributed by atoms with Crippen molar-refractivity contribution < 1.29 is 32.9 Å². The van der Waals surface area contributed by atoms with E-state index >= 15 is 0 Å². The summed E-state index contributed by atoms with van der Waals surface area (Å²) in [6, 6.07) is -0.911. The van der Waals surface area contributed by atoms with Crippen molar-refractivity contribution in [3.8, 4) is 0 Å². The SMILES string of the molecule is CC/C=C\C/C=C\C/C=C\C/C=C\CCC(=O)NC(COP(=O)(O)OCC[N+](C)(C)C)C(O)/C=C/CC/C=C/CC/C=C/CCCCCCCCCCC. The number of hydrogen-bond acceptors (Lipinski definition) is 5. The van der Waals surface area contributed by atoms with Crippen LogP contribution in [0.3, 0.4) is 0 Å². The van der Waals surface area contributed by atoms with Crippen LogP contribution in [-0.2, 0) is 18.4 Å². The molecule has 1 amide bonds. The summed E-state index contributed by atoms with van der Waals surface area (Å²) in [5.41, 5.74) is 0. The molecule has 0 fully saturated rings. The minimum absolute atomic E-state index is 0.0365. The van der Waals surface area contributed by atoms with Crippen molar-refractivity contribution in [2.75, 3.05) is 40.9 Å². The number of phosphoric acid groups is 1. The number of aliphatic hydroxyl groups excluding tert-OH is 1. The number of allylic oxidation sites excluding steroid dienone is 13. The van der Waals surface area contributed by atoms with Gasteiger partial charge in [0.2, 0.25) is 5.91 Å². The molecular formula is C45H80N2O6P+. The van der Waals surface area contributed by atoms with E-state index in [4.69, 9.17) is 9.05 Å². The fourth-order valence-corrected chi connectivity index (χ4v) is 5.99. The summed E-state index contributed by atoms with van der Waals surface area (Å²) in [5, 5.41) is 13.7. The van der Waals surface area contributed by atoms with Crippen LogP contribution in [-0.4, -0.2) is 73.4 Å². The second-order valence-corrected chi connectivity index (χ2v) is 16.4. The van der Waals surface area contributed by atoms with E-state index in [-0.39, 0.29) is 25.5 Å². The summed E-state index contributed by atoms with van der Waals surface area (Å²) in [5.74, 6) is -0.276. The van der Waals surface area contributed by atoms with Crippen LogP contribution in [0, 0.1) is 0 Å². The highest BCUT2D eigenvalue weighted by Gasteiger charge is 2.27. The maximum atomic E-state index is 12.8. The van der Waals surface area contributed by atoms with E-state index in [1.54, 1.807) is 6.08 Å². The van der Waals surface area contributed by atoms with Gasteiger partial charge in [0.25, 0.3) is 0 Å². The first-order chi connectivity index (χ1) is 26.0. The van der Waals surface area contributed by atoms with Crippen molar-refractivity contribution in [3.05, 3.63) is 85.1 Å². The van der Waals surface area contributed by atoms with Crippen LogP contribution in [0.1, 0.15) is 142 Å². The summed E-state index contributed by atoms with van der Waals surface area (Å²) in [6.45, 7) is 4.57. The van der Waals surface area contributed by atoms with Gasteiger partial charge in [-0.05, 0) is 70.6 Å². The minimum atomic E-state index is -4.37. The maximum Gasteiger partial charge on any atom is 0.472 e. The average molecular weight is 776 g/mol. The monoisotopic (exact) mass is 776 g/mol. The second-order valence-electron chi connectivity index (χ2n) is 15.0. The number of quaternary nitrogens is 1. The molecule has 0 rings (SSSR count). The van der Waals surface area contributed by atoms with E-state index in [2.05, 4.69) is 79.9 Å². The van der Waals surface area contributed by atoms with Crippen LogP contribution in [0.15, 0.2) is 85.1 Å². The number of likely N-dealkylation sites (N-methyl/N-ethyl adjacent to an activating group) is 1. The summed E-state index contributed by atoms with van der Waals surface area (Å²) in [4.78, 5) is 23.0. The Morgan fingerprint density at radius 3 is 1.69 bits per heavy atom. The van der Waals surface area contributed by atoms with Gasteiger partial charge in [-0.25, -0.2) is 4.57 Å². The van der Waals surface area contributed by atoms with Gasteiger partial charge in [-0.15, -0.1) is 0 Å². The van der Waals surface area contributed by atoms with Gasteiger partial charge in [-0.2, -0.15) is 0 Å². The third-order valence-corrected chi connectivity index (χ3v) is 9.57. The van der Waals surface area contributed by atoms with Gasteiger partial charge < -0.3 is 19.8 Å². The standard InChI is InChI=1S/C45H79N2O6P/c1-6-8-10-12-14-16-18-20-21-22-23-24-25-27-28-30-32-34-36-38-44(48)43(42-53-54(50,51)52-41-40-47(3,4)5)46-45(49)39-37-35-33-31-29-26-19-17-15-13-11-9-7-2/h9,11,15,17,23-24,26,28-30,33,35-36,38,43-44,48H,6-8,10,12-14,16,18-22,25,27,31-32,34,37,39-42H2,1-5H3,(H-,46,49,50,51)/p+1/b11-9-,17-15-,24-23+,29-26-,30-28+,35-33-,38-36+. The van der Waals surface area contributed by atoms with E-state index in [1.165, 1.54) is 64.2 Å². The molecule has 0 bridgehead atoms. The second kappa shape index (κ2) is 36.3. The number of nitrogens with zero attached hydrogens (tertiary/aromatic N) is 1. The molecule has 3 N–H and O–H groups in total. The molecule has 0 heterocycles. The van der Waals surface area contributed by atoms with Crippen LogP contribution in [0.5, 0.6) is 0 Å². The van der Waals surface area contributed by atoms with Gasteiger partial charge in [0.05, 0.1) is 39.9 Å². The first kappa shape index (κ1) is 51.7. The van der Waals surface area contributed by atoms with Crippen molar-refractivity contribution in [2.24, 2.45) is 0 Å². The quantitative estimate of drug-likeness (QED) is 0.0253. The van der Waals surface area contributed by atoms with Gasteiger partial charge >= 0.3 is 7.82 Å². The smallest absolute Gasteiger partial charge is 0.387 e. The molecule has 0 aliphatic heterocycles. The van der Waals surface area contributed by atoms with Crippen molar-refractivity contribution in [2.45, 2.75) is 154 Å². The van der Waals surface area contributed by atoms with Crippen LogP contribution >= 0.6 is 7.82 Å². The lowest BCUT2D eigenvalue weighted by Crippen LogP contribution is -2.45. The van der Waals surface area contributed by atoms with Crippen molar-refractivity contribution in [1.29, 1.82) is 0 Å².